The van der Waals surface area contributed by atoms with Gasteiger partial charge in [0.25, 0.3) is 0 Å². The van der Waals surface area contributed by atoms with Crippen molar-refractivity contribution >= 4 is 0 Å². The van der Waals surface area contributed by atoms with E-state index in [4.69, 9.17) is 0 Å². The fourth-order valence-corrected chi connectivity index (χ4v) is 3.43. The molecule has 1 aromatic carbocycles. The van der Waals surface area contributed by atoms with Crippen molar-refractivity contribution in [2.45, 2.75) is 44.6 Å². The topological polar surface area (TPSA) is 15.3 Å². The molecule has 1 atom stereocenters. The second kappa shape index (κ2) is 6.53. The van der Waals surface area contributed by atoms with E-state index in [9.17, 15) is 0 Å². The number of aryl methyl sites for hydroxylation is 2. The van der Waals surface area contributed by atoms with Crippen LogP contribution in [-0.2, 0) is 6.42 Å². The molecule has 106 valence electrons. The standard InChI is InChI=1S/C17H28N2/c1-15-7-6-8-16(13-15)9-11-17(14-18-2)10-4-5-12-19(17)3/h6-8,13,18H,4-5,9-12,14H2,1-3H3. The van der Waals surface area contributed by atoms with Gasteiger partial charge in [-0.1, -0.05) is 36.2 Å². The number of likely N-dealkylation sites (N-methyl/N-ethyl adjacent to an activating group) is 2. The second-order valence-electron chi connectivity index (χ2n) is 6.12. The normalized spacial score (nSPS) is 24.6. The van der Waals surface area contributed by atoms with Crippen molar-refractivity contribution in [1.29, 1.82) is 0 Å². The number of nitrogens with one attached hydrogen (secondary N) is 1. The molecule has 0 amide bonds. The minimum atomic E-state index is 0.358. The van der Waals surface area contributed by atoms with Crippen molar-refractivity contribution in [3.63, 3.8) is 0 Å². The van der Waals surface area contributed by atoms with Gasteiger partial charge in [0.2, 0.25) is 0 Å². The lowest BCUT2D eigenvalue weighted by Crippen LogP contribution is -2.55. The van der Waals surface area contributed by atoms with E-state index in [-0.39, 0.29) is 0 Å². The summed E-state index contributed by atoms with van der Waals surface area (Å²) in [5.74, 6) is 0. The Morgan fingerprint density at radius 1 is 1.32 bits per heavy atom. The molecule has 1 fully saturated rings. The first kappa shape index (κ1) is 14.5. The maximum atomic E-state index is 3.41. The molecule has 1 aliphatic heterocycles. The summed E-state index contributed by atoms with van der Waals surface area (Å²) in [7, 11) is 4.38. The zero-order valence-electron chi connectivity index (χ0n) is 12.7. The first-order chi connectivity index (χ1) is 9.16. The van der Waals surface area contributed by atoms with Gasteiger partial charge in [-0.15, -0.1) is 0 Å². The molecule has 19 heavy (non-hydrogen) atoms. The van der Waals surface area contributed by atoms with Gasteiger partial charge in [0.1, 0.15) is 0 Å². The maximum absolute atomic E-state index is 3.41. The molecule has 1 aromatic rings. The number of hydrogen-bond donors (Lipinski definition) is 1. The molecule has 1 N–H and O–H groups in total. The summed E-state index contributed by atoms with van der Waals surface area (Å²) in [6, 6.07) is 8.96. The van der Waals surface area contributed by atoms with Gasteiger partial charge in [-0.2, -0.15) is 0 Å². The Morgan fingerprint density at radius 2 is 2.16 bits per heavy atom. The number of piperidine rings is 1. The molecule has 2 nitrogen and oxygen atoms in total. The molecule has 0 saturated carbocycles. The van der Waals surface area contributed by atoms with E-state index in [1.165, 1.54) is 49.8 Å². The molecule has 1 heterocycles. The molecule has 2 rings (SSSR count). The van der Waals surface area contributed by atoms with Crippen LogP contribution in [0.4, 0.5) is 0 Å². The Morgan fingerprint density at radius 3 is 2.84 bits per heavy atom. The Bertz CT molecular complexity index is 398. The molecule has 2 heteroatoms. The van der Waals surface area contributed by atoms with Crippen LogP contribution in [0, 0.1) is 6.92 Å². The number of hydrogen-bond acceptors (Lipinski definition) is 2. The van der Waals surface area contributed by atoms with E-state index >= 15 is 0 Å². The van der Waals surface area contributed by atoms with Crippen LogP contribution in [0.2, 0.25) is 0 Å². The summed E-state index contributed by atoms with van der Waals surface area (Å²) >= 11 is 0. The van der Waals surface area contributed by atoms with Crippen LogP contribution in [0.5, 0.6) is 0 Å². The van der Waals surface area contributed by atoms with Gasteiger partial charge in [0, 0.05) is 12.1 Å². The van der Waals surface area contributed by atoms with E-state index in [2.05, 4.69) is 55.5 Å². The summed E-state index contributed by atoms with van der Waals surface area (Å²) in [4.78, 5) is 2.59. The van der Waals surface area contributed by atoms with Gasteiger partial charge < -0.3 is 5.32 Å². The molecule has 1 saturated heterocycles. The maximum Gasteiger partial charge on any atom is 0.0333 e. The highest BCUT2D eigenvalue weighted by molar-refractivity contribution is 5.22. The lowest BCUT2D eigenvalue weighted by atomic mass is 9.82. The van der Waals surface area contributed by atoms with Gasteiger partial charge in [0.05, 0.1) is 0 Å². The predicted octanol–water partition coefficient (Wildman–Crippen LogP) is 3.00. The largest absolute Gasteiger partial charge is 0.318 e. The average Bonchev–Trinajstić information content (AvgIpc) is 2.40. The molecule has 0 aromatic heterocycles. The third-order valence-corrected chi connectivity index (χ3v) is 4.66. The van der Waals surface area contributed by atoms with Crippen LogP contribution in [0.25, 0.3) is 0 Å². The zero-order chi connectivity index (χ0) is 13.7. The second-order valence-corrected chi connectivity index (χ2v) is 6.12. The van der Waals surface area contributed by atoms with Gasteiger partial charge in [0.15, 0.2) is 0 Å². The molecule has 0 radical (unpaired) electrons. The minimum absolute atomic E-state index is 0.358. The van der Waals surface area contributed by atoms with Crippen molar-refractivity contribution < 1.29 is 0 Å². The average molecular weight is 260 g/mol. The number of benzene rings is 1. The molecular weight excluding hydrogens is 232 g/mol. The van der Waals surface area contributed by atoms with Gasteiger partial charge in [-0.25, -0.2) is 0 Å². The number of likely N-dealkylation sites (tertiary alicyclic amines) is 1. The van der Waals surface area contributed by atoms with Crippen LogP contribution in [-0.4, -0.2) is 37.6 Å². The lowest BCUT2D eigenvalue weighted by Gasteiger charge is -2.46. The fourth-order valence-electron chi connectivity index (χ4n) is 3.43. The molecular formula is C17H28N2. The van der Waals surface area contributed by atoms with Crippen molar-refractivity contribution in [2.24, 2.45) is 0 Å². The fraction of sp³-hybridized carbons (Fsp3) is 0.647. The smallest absolute Gasteiger partial charge is 0.0333 e. The van der Waals surface area contributed by atoms with Gasteiger partial charge in [-0.05, 0) is 58.8 Å². The minimum Gasteiger partial charge on any atom is -0.318 e. The van der Waals surface area contributed by atoms with Gasteiger partial charge in [-0.3, -0.25) is 4.90 Å². The van der Waals surface area contributed by atoms with E-state index in [1.54, 1.807) is 0 Å². The number of rotatable bonds is 5. The first-order valence-corrected chi connectivity index (χ1v) is 7.58. The molecule has 0 bridgehead atoms. The Balaban J connectivity index is 2.04. The summed E-state index contributed by atoms with van der Waals surface area (Å²) in [5, 5.41) is 3.41. The van der Waals surface area contributed by atoms with E-state index < -0.39 is 0 Å². The van der Waals surface area contributed by atoms with Crippen molar-refractivity contribution in [1.82, 2.24) is 10.2 Å². The highest BCUT2D eigenvalue weighted by Crippen LogP contribution is 2.31. The zero-order valence-corrected chi connectivity index (χ0v) is 12.7. The van der Waals surface area contributed by atoms with Crippen LogP contribution in [0.15, 0.2) is 24.3 Å². The highest BCUT2D eigenvalue weighted by atomic mass is 15.2. The van der Waals surface area contributed by atoms with E-state index in [1.807, 2.05) is 0 Å². The van der Waals surface area contributed by atoms with Crippen LogP contribution in [0.1, 0.15) is 36.8 Å². The first-order valence-electron chi connectivity index (χ1n) is 7.58. The summed E-state index contributed by atoms with van der Waals surface area (Å²) in [5.41, 5.74) is 3.21. The quantitative estimate of drug-likeness (QED) is 0.875. The molecule has 0 spiro atoms. The van der Waals surface area contributed by atoms with Crippen LogP contribution in [0.3, 0.4) is 0 Å². The summed E-state index contributed by atoms with van der Waals surface area (Å²) in [6.07, 6.45) is 6.50. The van der Waals surface area contributed by atoms with Crippen molar-refractivity contribution in [3.05, 3.63) is 35.4 Å². The monoisotopic (exact) mass is 260 g/mol. The van der Waals surface area contributed by atoms with Crippen molar-refractivity contribution in [2.75, 3.05) is 27.2 Å². The lowest BCUT2D eigenvalue weighted by molar-refractivity contribution is 0.0657. The van der Waals surface area contributed by atoms with E-state index in [0.717, 1.165) is 6.54 Å². The molecule has 1 aliphatic rings. The third kappa shape index (κ3) is 3.58. The van der Waals surface area contributed by atoms with Crippen LogP contribution >= 0.6 is 0 Å². The van der Waals surface area contributed by atoms with Crippen molar-refractivity contribution in [3.8, 4) is 0 Å². The van der Waals surface area contributed by atoms with Gasteiger partial charge >= 0.3 is 0 Å². The number of nitrogens with zero attached hydrogens (tertiary/aromatic N) is 1. The third-order valence-electron chi connectivity index (χ3n) is 4.66. The Labute approximate surface area is 118 Å². The SMILES string of the molecule is CNCC1(CCc2cccc(C)c2)CCCCN1C. The predicted molar refractivity (Wildman–Crippen MR) is 82.6 cm³/mol. The summed E-state index contributed by atoms with van der Waals surface area (Å²) in [6.45, 7) is 4.53. The van der Waals surface area contributed by atoms with E-state index in [0.29, 0.717) is 5.54 Å². The molecule has 0 aliphatic carbocycles. The Hall–Kier alpha value is -0.860. The van der Waals surface area contributed by atoms with Crippen LogP contribution < -0.4 is 5.32 Å². The summed E-state index contributed by atoms with van der Waals surface area (Å²) < 4.78 is 0. The Kier molecular flexibility index (Phi) is 5.00. The highest BCUT2D eigenvalue weighted by Gasteiger charge is 2.35. The molecule has 1 unspecified atom stereocenters.